The van der Waals surface area contributed by atoms with Gasteiger partial charge in [0.05, 0.1) is 5.02 Å². The molecule has 0 amide bonds. The maximum atomic E-state index is 9.20. The van der Waals surface area contributed by atoms with Gasteiger partial charge in [-0.1, -0.05) is 11.6 Å². The normalized spacial score (nSPS) is 10.1. The molecule has 0 unspecified atom stereocenters. The third-order valence-electron chi connectivity index (χ3n) is 1.96. The predicted molar refractivity (Wildman–Crippen MR) is 72.3 cm³/mol. The Labute approximate surface area is 112 Å². The van der Waals surface area contributed by atoms with Crippen molar-refractivity contribution in [3.05, 3.63) is 51.1 Å². The lowest BCUT2D eigenvalue weighted by Gasteiger charge is -2.07. The van der Waals surface area contributed by atoms with Gasteiger partial charge in [0.2, 0.25) is 0 Å². The quantitative estimate of drug-likeness (QED) is 0.815. The number of rotatable bonds is 2. The van der Waals surface area contributed by atoms with Crippen LogP contribution >= 0.6 is 34.2 Å². The van der Waals surface area contributed by atoms with E-state index in [9.17, 15) is 5.11 Å². The van der Waals surface area contributed by atoms with Crippen molar-refractivity contribution in [3.63, 3.8) is 0 Å². The van der Waals surface area contributed by atoms with Crippen molar-refractivity contribution >= 4 is 34.2 Å². The second kappa shape index (κ2) is 4.93. The van der Waals surface area contributed by atoms with Gasteiger partial charge in [0.1, 0.15) is 17.2 Å². The van der Waals surface area contributed by atoms with Crippen LogP contribution in [0.3, 0.4) is 0 Å². The molecule has 0 aliphatic rings. The molecule has 0 aromatic heterocycles. The van der Waals surface area contributed by atoms with E-state index in [1.54, 1.807) is 6.07 Å². The maximum absolute atomic E-state index is 9.20. The first-order valence-corrected chi connectivity index (χ1v) is 6.03. The highest BCUT2D eigenvalue weighted by Gasteiger charge is 2.03. The highest BCUT2D eigenvalue weighted by atomic mass is 127. The van der Waals surface area contributed by atoms with E-state index in [1.807, 2.05) is 24.3 Å². The zero-order chi connectivity index (χ0) is 11.5. The summed E-state index contributed by atoms with van der Waals surface area (Å²) in [5.41, 5.74) is 0. The van der Waals surface area contributed by atoms with Crippen molar-refractivity contribution in [2.24, 2.45) is 0 Å². The Morgan fingerprint density at radius 2 is 1.75 bits per heavy atom. The molecule has 0 spiro atoms. The number of phenols is 1. The molecule has 2 aromatic carbocycles. The van der Waals surface area contributed by atoms with Crippen molar-refractivity contribution in [1.29, 1.82) is 0 Å². The second-order valence-corrected chi connectivity index (χ2v) is 4.82. The molecule has 0 saturated heterocycles. The van der Waals surface area contributed by atoms with Gasteiger partial charge in [0, 0.05) is 9.64 Å². The van der Waals surface area contributed by atoms with Gasteiger partial charge in [-0.05, 0) is 59.0 Å². The van der Waals surface area contributed by atoms with Crippen molar-refractivity contribution in [1.82, 2.24) is 0 Å². The van der Waals surface area contributed by atoms with Crippen LogP contribution in [0.4, 0.5) is 0 Å². The standard InChI is InChI=1S/C12H8ClIO2/c13-11-7-9(15)3-6-12(11)16-10-4-1-8(14)2-5-10/h1-7,15H. The first-order valence-electron chi connectivity index (χ1n) is 4.57. The summed E-state index contributed by atoms with van der Waals surface area (Å²) in [6, 6.07) is 12.2. The molecule has 0 saturated carbocycles. The largest absolute Gasteiger partial charge is 0.508 e. The molecule has 0 fully saturated rings. The molecule has 0 heterocycles. The van der Waals surface area contributed by atoms with E-state index in [1.165, 1.54) is 12.1 Å². The molecule has 0 aliphatic heterocycles. The molecule has 0 atom stereocenters. The Bertz CT molecular complexity index is 497. The monoisotopic (exact) mass is 346 g/mol. The lowest BCUT2D eigenvalue weighted by atomic mass is 10.3. The topological polar surface area (TPSA) is 29.5 Å². The summed E-state index contributed by atoms with van der Waals surface area (Å²) in [5, 5.41) is 9.59. The molecule has 0 radical (unpaired) electrons. The Morgan fingerprint density at radius 1 is 1.06 bits per heavy atom. The van der Waals surface area contributed by atoms with Crippen LogP contribution in [0.15, 0.2) is 42.5 Å². The SMILES string of the molecule is Oc1ccc(Oc2ccc(I)cc2)c(Cl)c1. The van der Waals surface area contributed by atoms with Crippen LogP contribution in [0.1, 0.15) is 0 Å². The number of halogens is 2. The Morgan fingerprint density at radius 3 is 2.38 bits per heavy atom. The Hall–Kier alpha value is -0.940. The van der Waals surface area contributed by atoms with E-state index < -0.39 is 0 Å². The highest BCUT2D eigenvalue weighted by molar-refractivity contribution is 14.1. The molecule has 2 rings (SSSR count). The van der Waals surface area contributed by atoms with Crippen LogP contribution in [-0.2, 0) is 0 Å². The summed E-state index contributed by atoms with van der Waals surface area (Å²) in [6.45, 7) is 0. The lowest BCUT2D eigenvalue weighted by Crippen LogP contribution is -1.85. The van der Waals surface area contributed by atoms with Gasteiger partial charge in [-0.3, -0.25) is 0 Å². The van der Waals surface area contributed by atoms with Gasteiger partial charge in [-0.2, -0.15) is 0 Å². The summed E-state index contributed by atoms with van der Waals surface area (Å²) in [4.78, 5) is 0. The minimum atomic E-state index is 0.125. The van der Waals surface area contributed by atoms with Gasteiger partial charge in [0.15, 0.2) is 0 Å². The zero-order valence-corrected chi connectivity index (χ0v) is 11.1. The van der Waals surface area contributed by atoms with Crippen LogP contribution < -0.4 is 4.74 Å². The summed E-state index contributed by atoms with van der Waals surface area (Å²) < 4.78 is 6.71. The minimum absolute atomic E-state index is 0.125. The molecule has 0 aliphatic carbocycles. The van der Waals surface area contributed by atoms with E-state index in [0.717, 1.165) is 3.57 Å². The fraction of sp³-hybridized carbons (Fsp3) is 0. The van der Waals surface area contributed by atoms with E-state index in [2.05, 4.69) is 22.6 Å². The zero-order valence-electron chi connectivity index (χ0n) is 8.15. The number of benzene rings is 2. The summed E-state index contributed by atoms with van der Waals surface area (Å²) in [5.74, 6) is 1.37. The van der Waals surface area contributed by atoms with Crippen molar-refractivity contribution in [2.75, 3.05) is 0 Å². The third-order valence-corrected chi connectivity index (χ3v) is 2.97. The third kappa shape index (κ3) is 2.80. The average molecular weight is 347 g/mol. The Kier molecular flexibility index (Phi) is 3.56. The van der Waals surface area contributed by atoms with Crippen LogP contribution in [0.2, 0.25) is 5.02 Å². The van der Waals surface area contributed by atoms with Crippen LogP contribution in [0.5, 0.6) is 17.2 Å². The molecule has 4 heteroatoms. The van der Waals surface area contributed by atoms with Gasteiger partial charge in [-0.25, -0.2) is 0 Å². The van der Waals surface area contributed by atoms with E-state index in [-0.39, 0.29) is 5.75 Å². The van der Waals surface area contributed by atoms with Gasteiger partial charge >= 0.3 is 0 Å². The van der Waals surface area contributed by atoms with Crippen LogP contribution in [0.25, 0.3) is 0 Å². The summed E-state index contributed by atoms with van der Waals surface area (Å²) in [7, 11) is 0. The molecular weight excluding hydrogens is 338 g/mol. The minimum Gasteiger partial charge on any atom is -0.508 e. The van der Waals surface area contributed by atoms with Crippen LogP contribution in [0, 0.1) is 3.57 Å². The fourth-order valence-corrected chi connectivity index (χ4v) is 1.78. The maximum Gasteiger partial charge on any atom is 0.146 e. The molecule has 0 bridgehead atoms. The fourth-order valence-electron chi connectivity index (χ4n) is 1.20. The molecule has 16 heavy (non-hydrogen) atoms. The smallest absolute Gasteiger partial charge is 0.146 e. The van der Waals surface area contributed by atoms with Crippen molar-refractivity contribution in [2.45, 2.75) is 0 Å². The number of hydrogen-bond acceptors (Lipinski definition) is 2. The first-order chi connectivity index (χ1) is 7.65. The van der Waals surface area contributed by atoms with E-state index in [4.69, 9.17) is 16.3 Å². The molecular formula is C12H8ClIO2. The average Bonchev–Trinajstić information content (AvgIpc) is 2.25. The van der Waals surface area contributed by atoms with Crippen LogP contribution in [-0.4, -0.2) is 5.11 Å². The van der Waals surface area contributed by atoms with Gasteiger partial charge in [0.25, 0.3) is 0 Å². The Balaban J connectivity index is 2.23. The number of aromatic hydroxyl groups is 1. The predicted octanol–water partition coefficient (Wildman–Crippen LogP) is 4.44. The summed E-state index contributed by atoms with van der Waals surface area (Å²) in [6.07, 6.45) is 0. The number of hydrogen-bond donors (Lipinski definition) is 1. The number of ether oxygens (including phenoxy) is 1. The first kappa shape index (κ1) is 11.5. The van der Waals surface area contributed by atoms with E-state index in [0.29, 0.717) is 16.5 Å². The molecule has 82 valence electrons. The van der Waals surface area contributed by atoms with Crippen molar-refractivity contribution in [3.8, 4) is 17.2 Å². The lowest BCUT2D eigenvalue weighted by molar-refractivity contribution is 0.464. The van der Waals surface area contributed by atoms with Gasteiger partial charge < -0.3 is 9.84 Å². The summed E-state index contributed by atoms with van der Waals surface area (Å²) >= 11 is 8.15. The number of phenolic OH excluding ortho intramolecular Hbond substituents is 1. The second-order valence-electron chi connectivity index (χ2n) is 3.17. The van der Waals surface area contributed by atoms with Crippen molar-refractivity contribution < 1.29 is 9.84 Å². The highest BCUT2D eigenvalue weighted by Crippen LogP contribution is 2.31. The molecule has 2 aromatic rings. The van der Waals surface area contributed by atoms with E-state index >= 15 is 0 Å². The molecule has 1 N–H and O–H groups in total. The van der Waals surface area contributed by atoms with Gasteiger partial charge in [-0.15, -0.1) is 0 Å². The molecule has 2 nitrogen and oxygen atoms in total.